The van der Waals surface area contributed by atoms with Crippen molar-refractivity contribution in [1.29, 1.82) is 0 Å². The minimum absolute atomic E-state index is 0. The van der Waals surface area contributed by atoms with Gasteiger partial charge in [0.15, 0.2) is 0 Å². The average Bonchev–Trinajstić information content (AvgIpc) is 1.41. The van der Waals surface area contributed by atoms with Gasteiger partial charge in [-0.3, -0.25) is 0 Å². The Bertz CT molecular complexity index is 343. The third kappa shape index (κ3) is 1360. The molecule has 0 spiro atoms. The summed E-state index contributed by atoms with van der Waals surface area (Å²) in [6.45, 7) is 0. The van der Waals surface area contributed by atoms with Gasteiger partial charge >= 0.3 is 131 Å². The monoisotopic (exact) mass is 544 g/mol. The summed E-state index contributed by atoms with van der Waals surface area (Å²) < 4.78 is 104. The first-order chi connectivity index (χ1) is 6.00. The van der Waals surface area contributed by atoms with Gasteiger partial charge in [-0.1, -0.05) is 0 Å². The van der Waals surface area contributed by atoms with Crippen molar-refractivity contribution in [1.82, 2.24) is 0 Å². The molecule has 0 saturated heterocycles. The molecular weight excluding hydrogens is 538 g/mol. The van der Waals surface area contributed by atoms with Crippen molar-refractivity contribution in [2.24, 2.45) is 0 Å². The molecule has 12 nitrogen and oxygen atoms in total. The van der Waals surface area contributed by atoms with Crippen LogP contribution in [-0.4, -0.2) is 0 Å². The molecule has 0 fully saturated rings. The molecule has 0 aromatic rings. The van der Waals surface area contributed by atoms with E-state index in [0.29, 0.717) is 0 Å². The average molecular weight is 538 g/mol. The minimum Gasteiger partial charge on any atom is 5.00 e. The van der Waals surface area contributed by atoms with Gasteiger partial charge < -0.3 is 0 Å². The number of rotatable bonds is 0. The van der Waals surface area contributed by atoms with Crippen LogP contribution in [0.5, 0.6) is 0 Å². The molecule has 0 aliphatic carbocycles. The summed E-state index contributed by atoms with van der Waals surface area (Å²) in [5.74, 6) is 0. The van der Waals surface area contributed by atoms with Gasteiger partial charge in [-0.05, 0) is 0 Å². The molecule has 17 heteroatoms. The smallest absolute Gasteiger partial charge is 5.00 e. The second-order valence-electron chi connectivity index (χ2n) is 1.22. The Morgan fingerprint density at radius 2 is 0.471 bits per heavy atom. The maximum Gasteiger partial charge on any atom is 5.00 e. The standard InChI is InChI=1S/Li.3Mo.12O.V/q+1;;;;;;;;;;6*-1;+5. The first-order valence-electron chi connectivity index (χ1n) is 2.00. The summed E-state index contributed by atoms with van der Waals surface area (Å²) in [6.07, 6.45) is 0. The molecule has 0 aliphatic heterocycles. The van der Waals surface area contributed by atoms with E-state index in [4.69, 9.17) is 42.9 Å². The van der Waals surface area contributed by atoms with Gasteiger partial charge in [-0.15, -0.1) is 0 Å². The van der Waals surface area contributed by atoms with E-state index in [2.05, 4.69) is 0 Å². The minimum atomic E-state index is -6.02. The summed E-state index contributed by atoms with van der Waals surface area (Å²) in [6, 6.07) is 0. The van der Waals surface area contributed by atoms with Crippen LogP contribution in [0.4, 0.5) is 0 Å². The van der Waals surface area contributed by atoms with Gasteiger partial charge in [-0.2, -0.15) is 0 Å². The van der Waals surface area contributed by atoms with E-state index in [1.54, 1.807) is 0 Å². The van der Waals surface area contributed by atoms with Gasteiger partial charge in [0.1, 0.15) is 0 Å². The van der Waals surface area contributed by atoms with Crippen molar-refractivity contribution >= 4 is 0 Å². The molecule has 96 valence electrons. The Kier molecular flexibility index (Phi) is 23.6. The topological polar surface area (TPSA) is 241 Å². The Balaban J connectivity index is -0.0000000400. The summed E-state index contributed by atoms with van der Waals surface area (Å²) in [5, 5.41) is 0. The zero-order chi connectivity index (χ0) is 13.5. The molecule has 0 N–H and O–H groups in total. The van der Waals surface area contributed by atoms with Crippen molar-refractivity contribution in [2.45, 2.75) is 0 Å². The molecule has 17 heavy (non-hydrogen) atoms. The Hall–Kier alpha value is 1.81. The second kappa shape index (κ2) is 12.8. The molecule has 0 aromatic carbocycles. The van der Waals surface area contributed by atoms with Crippen LogP contribution < -0.4 is 41.4 Å². The molecule has 0 radical (unpaired) electrons. The van der Waals surface area contributed by atoms with Crippen molar-refractivity contribution < 1.29 is 131 Å². The first-order valence-corrected chi connectivity index (χ1v) is 11.8. The van der Waals surface area contributed by atoms with Gasteiger partial charge in [-0.25, -0.2) is 0 Å². The maximum atomic E-state index is 8.63. The molecule has 0 atom stereocenters. The van der Waals surface area contributed by atoms with E-state index in [9.17, 15) is 0 Å². The molecule has 0 amide bonds. The van der Waals surface area contributed by atoms with Gasteiger partial charge in [0.2, 0.25) is 0 Å². The third-order valence-electron chi connectivity index (χ3n) is 0. The third-order valence-corrected chi connectivity index (χ3v) is 0. The number of hydrogen-bond donors (Lipinski definition) is 0. The van der Waals surface area contributed by atoms with Crippen LogP contribution in [0.1, 0.15) is 0 Å². The maximum absolute atomic E-state index is 8.63. The molecular formula is LiMo3O12V. The van der Waals surface area contributed by atoms with Gasteiger partial charge in [0, 0.05) is 0 Å². The van der Waals surface area contributed by atoms with E-state index < -0.39 is 50.2 Å². The van der Waals surface area contributed by atoms with Crippen LogP contribution in [0.15, 0.2) is 0 Å². The number of hydrogen-bond acceptors (Lipinski definition) is 12. The van der Waals surface area contributed by atoms with Gasteiger partial charge in [0.25, 0.3) is 0 Å². The van der Waals surface area contributed by atoms with E-state index in [1.807, 2.05) is 0 Å². The van der Waals surface area contributed by atoms with E-state index in [-0.39, 0.29) is 37.4 Å². The van der Waals surface area contributed by atoms with Crippen LogP contribution in [0.25, 0.3) is 0 Å². The predicted octanol–water partition coefficient (Wildman–Crippen LogP) is -10.9. The SMILES string of the molecule is [Li+].[O]=[Mo](=[O])([O-])[O-].[O]=[Mo](=[O])([O-])[O-].[O]=[Mo](=[O])([O-])[O-].[V+5]. The molecule has 0 saturated carbocycles. The molecule has 0 heterocycles. The molecule has 0 bridgehead atoms. The zero-order valence-corrected chi connectivity index (χ0v) is 15.0. The predicted molar refractivity (Wildman–Crippen MR) is 4.12 cm³/mol. The summed E-state index contributed by atoms with van der Waals surface area (Å²) in [7, 11) is 0. The fourth-order valence-electron chi connectivity index (χ4n) is 0. The molecule has 0 unspecified atom stereocenters. The van der Waals surface area contributed by atoms with Crippen LogP contribution in [0.3, 0.4) is 0 Å². The van der Waals surface area contributed by atoms with Crippen LogP contribution in [0.2, 0.25) is 0 Å². The van der Waals surface area contributed by atoms with Crippen molar-refractivity contribution in [2.75, 3.05) is 0 Å². The van der Waals surface area contributed by atoms with E-state index >= 15 is 0 Å². The normalized spacial score (nSPS) is 10.2. The van der Waals surface area contributed by atoms with E-state index in [1.165, 1.54) is 0 Å². The van der Waals surface area contributed by atoms with Crippen molar-refractivity contribution in [3.8, 4) is 0 Å². The fraction of sp³-hybridized carbons (Fsp3) is 0. The largest absolute Gasteiger partial charge is 5.00 e. The Morgan fingerprint density at radius 3 is 0.471 bits per heavy atom. The molecule has 0 aliphatic rings. The van der Waals surface area contributed by atoms with Crippen LogP contribution in [-0.2, 0) is 89.2 Å². The molecule has 0 rings (SSSR count). The summed E-state index contributed by atoms with van der Waals surface area (Å²) in [5.41, 5.74) is 0. The quantitative estimate of drug-likeness (QED) is 0.261. The van der Waals surface area contributed by atoms with E-state index in [0.717, 1.165) is 0 Å². The Labute approximate surface area is 129 Å². The van der Waals surface area contributed by atoms with Gasteiger partial charge in [0.05, 0.1) is 0 Å². The second-order valence-corrected chi connectivity index (χ2v) is 7.25. The summed E-state index contributed by atoms with van der Waals surface area (Å²) >= 11 is -18.1. The fourth-order valence-corrected chi connectivity index (χ4v) is 0. The Morgan fingerprint density at radius 1 is 0.471 bits per heavy atom. The van der Waals surface area contributed by atoms with Crippen LogP contribution in [0, 0.1) is 0 Å². The summed E-state index contributed by atoms with van der Waals surface area (Å²) in [4.78, 5) is 0. The molecule has 0 aromatic heterocycles. The van der Waals surface area contributed by atoms with Crippen LogP contribution >= 0.6 is 0 Å². The first kappa shape index (κ1) is 31.3. The van der Waals surface area contributed by atoms with Crippen molar-refractivity contribution in [3.63, 3.8) is 0 Å². The zero-order valence-electron chi connectivity index (χ0n) is 7.57. The van der Waals surface area contributed by atoms with Crippen molar-refractivity contribution in [3.05, 3.63) is 0 Å².